The zero-order valence-corrected chi connectivity index (χ0v) is 13.4. The normalized spacial score (nSPS) is 18.1. The zero-order chi connectivity index (χ0) is 13.1. The van der Waals surface area contributed by atoms with E-state index in [1.165, 1.54) is 0 Å². The van der Waals surface area contributed by atoms with Crippen LogP contribution in [0.2, 0.25) is 0 Å². The van der Waals surface area contributed by atoms with Crippen LogP contribution in [-0.2, 0) is 0 Å². The average molecular weight is 350 g/mol. The molecule has 1 fully saturated rings. The van der Waals surface area contributed by atoms with E-state index in [-0.39, 0.29) is 18.3 Å². The molecular weight excluding hydrogens is 332 g/mol. The average Bonchev–Trinajstić information content (AvgIpc) is 2.86. The van der Waals surface area contributed by atoms with E-state index < -0.39 is 0 Å². The summed E-state index contributed by atoms with van der Waals surface area (Å²) in [6.45, 7) is 1.55. The fourth-order valence-electron chi connectivity index (χ4n) is 2.19. The van der Waals surface area contributed by atoms with Gasteiger partial charge >= 0.3 is 0 Å². The smallest absolute Gasteiger partial charge is 0.257 e. The predicted molar refractivity (Wildman–Crippen MR) is 81.3 cm³/mol. The Morgan fingerprint density at radius 1 is 1.53 bits per heavy atom. The van der Waals surface area contributed by atoms with Crippen LogP contribution in [0.4, 0.5) is 0 Å². The van der Waals surface area contributed by atoms with Crippen LogP contribution < -0.4 is 10.1 Å². The number of likely N-dealkylation sites (N-methyl/N-ethyl adjacent to an activating group) is 1. The highest BCUT2D eigenvalue weighted by atomic mass is 79.9. The number of nitrogens with one attached hydrogen (secondary N) is 1. The van der Waals surface area contributed by atoms with Gasteiger partial charge < -0.3 is 15.0 Å². The van der Waals surface area contributed by atoms with Crippen LogP contribution in [0.5, 0.6) is 5.75 Å². The number of ether oxygens (including phenoxy) is 1. The molecule has 1 amide bonds. The van der Waals surface area contributed by atoms with Crippen molar-refractivity contribution in [2.24, 2.45) is 0 Å². The van der Waals surface area contributed by atoms with Gasteiger partial charge in [-0.25, -0.2) is 0 Å². The molecule has 1 N–H and O–H groups in total. The molecule has 0 aliphatic carbocycles. The molecule has 1 unspecified atom stereocenters. The molecule has 2 rings (SSSR count). The molecule has 4 nitrogen and oxygen atoms in total. The maximum atomic E-state index is 12.4. The fraction of sp³-hybridized carbons (Fsp3) is 0.462. The van der Waals surface area contributed by atoms with Gasteiger partial charge in [-0.2, -0.15) is 0 Å². The largest absolute Gasteiger partial charge is 0.496 e. The van der Waals surface area contributed by atoms with Gasteiger partial charge in [0.25, 0.3) is 5.91 Å². The van der Waals surface area contributed by atoms with Crippen LogP contribution in [0.15, 0.2) is 22.7 Å². The predicted octanol–water partition coefficient (Wildman–Crippen LogP) is 2.31. The topological polar surface area (TPSA) is 41.6 Å². The first-order chi connectivity index (χ1) is 8.65. The maximum absolute atomic E-state index is 12.4. The van der Waals surface area contributed by atoms with Crippen molar-refractivity contribution >= 4 is 34.2 Å². The third-order valence-electron chi connectivity index (χ3n) is 3.28. The molecule has 0 aromatic heterocycles. The van der Waals surface area contributed by atoms with Gasteiger partial charge in [-0.15, -0.1) is 12.4 Å². The number of carbonyl (C=O) groups is 1. The summed E-state index contributed by atoms with van der Waals surface area (Å²) in [5.74, 6) is 0.652. The highest BCUT2D eigenvalue weighted by Gasteiger charge is 2.27. The molecule has 0 saturated carbocycles. The monoisotopic (exact) mass is 348 g/mol. The molecular formula is C13H18BrClN2O2. The number of benzene rings is 1. The number of hydrogen-bond acceptors (Lipinski definition) is 3. The molecule has 6 heteroatoms. The van der Waals surface area contributed by atoms with Crippen molar-refractivity contribution in [3.8, 4) is 5.75 Å². The molecule has 1 aliphatic heterocycles. The number of carbonyl (C=O) groups excluding carboxylic acids is 1. The van der Waals surface area contributed by atoms with Gasteiger partial charge in [0.1, 0.15) is 5.75 Å². The Bertz CT molecular complexity index is 456. The minimum atomic E-state index is 0. The molecule has 1 heterocycles. The molecule has 1 aromatic carbocycles. The molecule has 1 saturated heterocycles. The summed E-state index contributed by atoms with van der Waals surface area (Å²) in [5.41, 5.74) is 0.623. The van der Waals surface area contributed by atoms with Gasteiger partial charge in [-0.05, 0) is 31.7 Å². The highest BCUT2D eigenvalue weighted by molar-refractivity contribution is 9.10. The number of amides is 1. The van der Waals surface area contributed by atoms with Crippen molar-refractivity contribution < 1.29 is 9.53 Å². The lowest BCUT2D eigenvalue weighted by Crippen LogP contribution is -2.33. The van der Waals surface area contributed by atoms with Crippen LogP contribution in [0.1, 0.15) is 16.8 Å². The van der Waals surface area contributed by atoms with Crippen molar-refractivity contribution in [1.29, 1.82) is 0 Å². The number of rotatable bonds is 3. The Labute approximate surface area is 128 Å². The summed E-state index contributed by atoms with van der Waals surface area (Å²) in [4.78, 5) is 14.3. The molecule has 1 aliphatic rings. The van der Waals surface area contributed by atoms with Crippen LogP contribution in [0.3, 0.4) is 0 Å². The van der Waals surface area contributed by atoms with Gasteiger partial charge in [0.05, 0.1) is 12.7 Å². The van der Waals surface area contributed by atoms with E-state index in [4.69, 9.17) is 4.74 Å². The first kappa shape index (κ1) is 16.3. The van der Waals surface area contributed by atoms with E-state index in [1.54, 1.807) is 13.2 Å². The van der Waals surface area contributed by atoms with Crippen molar-refractivity contribution in [3.63, 3.8) is 0 Å². The Kier molecular flexibility index (Phi) is 6.10. The van der Waals surface area contributed by atoms with Crippen molar-refractivity contribution in [1.82, 2.24) is 10.2 Å². The minimum Gasteiger partial charge on any atom is -0.496 e. The third-order valence-corrected chi connectivity index (χ3v) is 3.77. The Hall–Kier alpha value is -0.780. The maximum Gasteiger partial charge on any atom is 0.257 e. The molecule has 0 bridgehead atoms. The summed E-state index contributed by atoms with van der Waals surface area (Å²) in [5, 5.41) is 3.21. The van der Waals surface area contributed by atoms with E-state index in [2.05, 4.69) is 21.2 Å². The van der Waals surface area contributed by atoms with Gasteiger partial charge in [-0.3, -0.25) is 4.79 Å². The Balaban J connectivity index is 0.00000180. The standard InChI is InChI=1S/C13H17BrN2O2.ClH/c1-15-10-5-6-16(8-10)13(17)11-4-3-9(14)7-12(11)18-2;/h3-4,7,10,15H,5-6,8H2,1-2H3;1H. The Morgan fingerprint density at radius 2 is 2.26 bits per heavy atom. The van der Waals surface area contributed by atoms with Crippen LogP contribution in [0, 0.1) is 0 Å². The lowest BCUT2D eigenvalue weighted by atomic mass is 10.2. The number of likely N-dealkylation sites (tertiary alicyclic amines) is 1. The SMILES string of the molecule is CNC1CCN(C(=O)c2ccc(Br)cc2OC)C1.Cl. The first-order valence-corrected chi connectivity index (χ1v) is 6.75. The quantitative estimate of drug-likeness (QED) is 0.910. The molecule has 0 radical (unpaired) electrons. The number of hydrogen-bond donors (Lipinski definition) is 1. The van der Waals surface area contributed by atoms with E-state index in [9.17, 15) is 4.79 Å². The third kappa shape index (κ3) is 3.61. The van der Waals surface area contributed by atoms with E-state index >= 15 is 0 Å². The van der Waals surface area contributed by atoms with Crippen LogP contribution in [0.25, 0.3) is 0 Å². The van der Waals surface area contributed by atoms with Gasteiger partial charge in [-0.1, -0.05) is 15.9 Å². The minimum absolute atomic E-state index is 0. The zero-order valence-electron chi connectivity index (χ0n) is 11.0. The first-order valence-electron chi connectivity index (χ1n) is 5.95. The summed E-state index contributed by atoms with van der Waals surface area (Å²) in [6.07, 6.45) is 1.00. The number of methoxy groups -OCH3 is 1. The number of halogens is 2. The van der Waals surface area contributed by atoms with Crippen molar-refractivity contribution in [2.75, 3.05) is 27.2 Å². The van der Waals surface area contributed by atoms with Crippen LogP contribution in [-0.4, -0.2) is 44.1 Å². The summed E-state index contributed by atoms with van der Waals surface area (Å²) in [6, 6.07) is 5.88. The molecule has 106 valence electrons. The summed E-state index contributed by atoms with van der Waals surface area (Å²) in [7, 11) is 3.51. The van der Waals surface area contributed by atoms with E-state index in [0.717, 1.165) is 24.0 Å². The second kappa shape index (κ2) is 7.12. The fourth-order valence-corrected chi connectivity index (χ4v) is 2.53. The highest BCUT2D eigenvalue weighted by Crippen LogP contribution is 2.25. The van der Waals surface area contributed by atoms with Crippen molar-refractivity contribution in [2.45, 2.75) is 12.5 Å². The van der Waals surface area contributed by atoms with Gasteiger partial charge in [0.15, 0.2) is 0 Å². The van der Waals surface area contributed by atoms with Crippen molar-refractivity contribution in [3.05, 3.63) is 28.2 Å². The summed E-state index contributed by atoms with van der Waals surface area (Å²) < 4.78 is 6.17. The van der Waals surface area contributed by atoms with Crippen LogP contribution >= 0.6 is 28.3 Å². The van der Waals surface area contributed by atoms with E-state index in [0.29, 0.717) is 17.4 Å². The second-order valence-corrected chi connectivity index (χ2v) is 5.29. The Morgan fingerprint density at radius 3 is 2.84 bits per heavy atom. The van der Waals surface area contributed by atoms with E-state index in [1.807, 2.05) is 24.1 Å². The molecule has 0 spiro atoms. The lowest BCUT2D eigenvalue weighted by Gasteiger charge is -2.18. The molecule has 1 atom stereocenters. The summed E-state index contributed by atoms with van der Waals surface area (Å²) >= 11 is 3.38. The molecule has 1 aromatic rings. The second-order valence-electron chi connectivity index (χ2n) is 4.37. The van der Waals surface area contributed by atoms with Gasteiger partial charge in [0, 0.05) is 23.6 Å². The molecule has 19 heavy (non-hydrogen) atoms. The lowest BCUT2D eigenvalue weighted by molar-refractivity contribution is 0.0786. The van der Waals surface area contributed by atoms with Gasteiger partial charge in [0.2, 0.25) is 0 Å². The number of nitrogens with zero attached hydrogens (tertiary/aromatic N) is 1.